The maximum absolute atomic E-state index is 13.1. The topological polar surface area (TPSA) is 105 Å². The van der Waals surface area contributed by atoms with Gasteiger partial charge in [-0.15, -0.1) is 11.3 Å². The fraction of sp³-hybridized carbons (Fsp3) is 0.226. The van der Waals surface area contributed by atoms with Gasteiger partial charge in [-0.05, 0) is 43.3 Å². The number of rotatable bonds is 6. The number of hydrogen-bond acceptors (Lipinski definition) is 9. The standard InChI is InChI=1S/C31H28N6O3S/c1-19-14-21(33-18-32-19)16-28(38)34-20-7-8-26-25(15-20)23-5-2-4-22(30(23)41-26)24-6-3-9-37-29(39)17-27(35-31(24)37)36-10-12-40-13-11-36/h2-9,14-15,17-18,28,34,38H,10-13,16H2,1H3. The van der Waals surface area contributed by atoms with Crippen LogP contribution in [0.25, 0.3) is 36.9 Å². The molecule has 41 heavy (non-hydrogen) atoms. The van der Waals surface area contributed by atoms with E-state index in [1.165, 1.54) is 6.33 Å². The largest absolute Gasteiger partial charge is 0.378 e. The Balaban J connectivity index is 1.28. The Morgan fingerprint density at radius 1 is 1.02 bits per heavy atom. The first-order valence-corrected chi connectivity index (χ1v) is 14.4. The lowest BCUT2D eigenvalue weighted by Crippen LogP contribution is -2.37. The van der Waals surface area contributed by atoms with E-state index < -0.39 is 6.23 Å². The number of thiophene rings is 1. The monoisotopic (exact) mass is 564 g/mol. The second-order valence-corrected chi connectivity index (χ2v) is 11.2. The third kappa shape index (κ3) is 4.90. The number of nitrogens with one attached hydrogen (secondary N) is 1. The van der Waals surface area contributed by atoms with Crippen molar-refractivity contribution in [3.05, 3.63) is 94.9 Å². The van der Waals surface area contributed by atoms with E-state index >= 15 is 0 Å². The van der Waals surface area contributed by atoms with Crippen LogP contribution in [0.4, 0.5) is 11.5 Å². The van der Waals surface area contributed by atoms with Gasteiger partial charge in [0.25, 0.3) is 5.56 Å². The van der Waals surface area contributed by atoms with Crippen LogP contribution in [0.15, 0.2) is 78.0 Å². The SMILES string of the molecule is Cc1cc(CC(O)Nc2ccc3sc4c(-c5cccn6c(=O)cc(N7CCOCC7)nc56)cccc4c3c2)ncn1. The molecule has 2 aromatic carbocycles. The molecular formula is C31H28N6O3S. The zero-order valence-corrected chi connectivity index (χ0v) is 23.3. The Labute approximate surface area is 239 Å². The van der Waals surface area contributed by atoms with Crippen LogP contribution in [0.2, 0.25) is 0 Å². The number of benzene rings is 2. The summed E-state index contributed by atoms with van der Waals surface area (Å²) in [4.78, 5) is 28.6. The molecule has 0 amide bonds. The third-order valence-electron chi connectivity index (χ3n) is 7.40. The Hall–Kier alpha value is -4.38. The van der Waals surface area contributed by atoms with E-state index in [1.54, 1.807) is 28.0 Å². The van der Waals surface area contributed by atoms with Crippen molar-refractivity contribution in [1.82, 2.24) is 19.4 Å². The molecule has 1 aliphatic heterocycles. The molecular weight excluding hydrogens is 536 g/mol. The summed E-state index contributed by atoms with van der Waals surface area (Å²) in [5.41, 5.74) is 4.95. The van der Waals surface area contributed by atoms with Gasteiger partial charge in [0.2, 0.25) is 0 Å². The second kappa shape index (κ2) is 10.5. The lowest BCUT2D eigenvalue weighted by molar-refractivity contribution is 0.122. The average Bonchev–Trinajstić information content (AvgIpc) is 3.35. The predicted molar refractivity (Wildman–Crippen MR) is 163 cm³/mol. The molecule has 206 valence electrons. The van der Waals surface area contributed by atoms with Gasteiger partial charge in [-0.2, -0.15) is 0 Å². The predicted octanol–water partition coefficient (Wildman–Crippen LogP) is 4.64. The number of nitrogens with zero attached hydrogens (tertiary/aromatic N) is 5. The highest BCUT2D eigenvalue weighted by atomic mass is 32.1. The van der Waals surface area contributed by atoms with Crippen molar-refractivity contribution in [3.8, 4) is 11.1 Å². The number of morpholine rings is 1. The van der Waals surface area contributed by atoms with Crippen LogP contribution in [0.1, 0.15) is 11.4 Å². The van der Waals surface area contributed by atoms with Crippen LogP contribution in [-0.4, -0.2) is 57.0 Å². The smallest absolute Gasteiger partial charge is 0.259 e. The van der Waals surface area contributed by atoms with Gasteiger partial charge in [0.1, 0.15) is 24.0 Å². The molecule has 1 atom stereocenters. The van der Waals surface area contributed by atoms with E-state index in [1.807, 2.05) is 37.3 Å². The quantitative estimate of drug-likeness (QED) is 0.282. The highest BCUT2D eigenvalue weighted by Crippen LogP contribution is 2.41. The lowest BCUT2D eigenvalue weighted by Gasteiger charge is -2.27. The lowest BCUT2D eigenvalue weighted by atomic mass is 10.0. The van der Waals surface area contributed by atoms with Crippen molar-refractivity contribution in [2.45, 2.75) is 19.6 Å². The van der Waals surface area contributed by atoms with Gasteiger partial charge in [0.05, 0.1) is 13.2 Å². The van der Waals surface area contributed by atoms with E-state index in [0.717, 1.165) is 48.4 Å². The average molecular weight is 565 g/mol. The molecule has 2 N–H and O–H groups in total. The second-order valence-electron chi connectivity index (χ2n) is 10.2. The fourth-order valence-corrected chi connectivity index (χ4v) is 6.65. The molecule has 0 bridgehead atoms. The summed E-state index contributed by atoms with van der Waals surface area (Å²) in [5.74, 6) is 0.681. The first-order valence-electron chi connectivity index (χ1n) is 13.6. The molecule has 0 saturated carbocycles. The highest BCUT2D eigenvalue weighted by molar-refractivity contribution is 7.26. The maximum Gasteiger partial charge on any atom is 0.259 e. The van der Waals surface area contributed by atoms with Crippen LogP contribution >= 0.6 is 11.3 Å². The van der Waals surface area contributed by atoms with Crippen molar-refractivity contribution in [2.24, 2.45) is 0 Å². The van der Waals surface area contributed by atoms with E-state index in [2.05, 4.69) is 44.5 Å². The molecule has 6 aromatic rings. The number of ether oxygens (including phenoxy) is 1. The summed E-state index contributed by atoms with van der Waals surface area (Å²) in [6, 6.07) is 19.8. The summed E-state index contributed by atoms with van der Waals surface area (Å²) in [7, 11) is 0. The summed E-state index contributed by atoms with van der Waals surface area (Å²) in [6.45, 7) is 4.57. The molecule has 1 unspecified atom stereocenters. The number of pyridine rings is 1. The van der Waals surface area contributed by atoms with Crippen molar-refractivity contribution < 1.29 is 9.84 Å². The first-order chi connectivity index (χ1) is 20.0. The number of aryl methyl sites for hydroxylation is 1. The number of aromatic nitrogens is 4. The normalized spacial score (nSPS) is 14.6. The minimum Gasteiger partial charge on any atom is -0.378 e. The Morgan fingerprint density at radius 3 is 2.73 bits per heavy atom. The van der Waals surface area contributed by atoms with Gasteiger partial charge in [-0.25, -0.2) is 15.0 Å². The fourth-order valence-electron chi connectivity index (χ4n) is 5.44. The van der Waals surface area contributed by atoms with Crippen molar-refractivity contribution >= 4 is 48.7 Å². The molecule has 10 heteroatoms. The van der Waals surface area contributed by atoms with Gasteiger partial charge in [0, 0.05) is 80.1 Å². The molecule has 9 nitrogen and oxygen atoms in total. The Morgan fingerprint density at radius 2 is 1.88 bits per heavy atom. The molecule has 1 aliphatic rings. The number of aliphatic hydroxyl groups excluding tert-OH is 1. The zero-order chi connectivity index (χ0) is 27.9. The third-order valence-corrected chi connectivity index (χ3v) is 8.62. The molecule has 0 aliphatic carbocycles. The number of hydrogen-bond donors (Lipinski definition) is 2. The van der Waals surface area contributed by atoms with Gasteiger partial charge < -0.3 is 20.1 Å². The zero-order valence-electron chi connectivity index (χ0n) is 22.4. The summed E-state index contributed by atoms with van der Waals surface area (Å²) in [6.07, 6.45) is 2.87. The first kappa shape index (κ1) is 25.6. The molecule has 7 rings (SSSR count). The molecule has 0 spiro atoms. The van der Waals surface area contributed by atoms with Gasteiger partial charge in [0.15, 0.2) is 0 Å². The molecule has 1 fully saturated rings. The van der Waals surface area contributed by atoms with Gasteiger partial charge in [-0.1, -0.05) is 18.2 Å². The number of fused-ring (bicyclic) bond motifs is 4. The Kier molecular flexibility index (Phi) is 6.58. The minimum absolute atomic E-state index is 0.103. The van der Waals surface area contributed by atoms with Crippen LogP contribution in [0.5, 0.6) is 0 Å². The van der Waals surface area contributed by atoms with E-state index in [4.69, 9.17) is 9.72 Å². The van der Waals surface area contributed by atoms with Crippen LogP contribution < -0.4 is 15.8 Å². The van der Waals surface area contributed by atoms with Gasteiger partial charge >= 0.3 is 0 Å². The summed E-state index contributed by atoms with van der Waals surface area (Å²) in [5, 5.41) is 16.1. The van der Waals surface area contributed by atoms with Crippen molar-refractivity contribution in [3.63, 3.8) is 0 Å². The molecule has 0 radical (unpaired) electrons. The molecule has 4 aromatic heterocycles. The van der Waals surface area contributed by atoms with E-state index in [9.17, 15) is 9.90 Å². The van der Waals surface area contributed by atoms with Crippen molar-refractivity contribution in [1.29, 1.82) is 0 Å². The summed E-state index contributed by atoms with van der Waals surface area (Å²) < 4.78 is 9.37. The van der Waals surface area contributed by atoms with Crippen LogP contribution in [0, 0.1) is 6.92 Å². The van der Waals surface area contributed by atoms with E-state index in [-0.39, 0.29) is 5.56 Å². The van der Waals surface area contributed by atoms with E-state index in [0.29, 0.717) is 44.2 Å². The maximum atomic E-state index is 13.1. The minimum atomic E-state index is -0.789. The van der Waals surface area contributed by atoms with Crippen LogP contribution in [0.3, 0.4) is 0 Å². The number of aliphatic hydroxyl groups is 1. The molecule has 5 heterocycles. The Bertz CT molecular complexity index is 1960. The summed E-state index contributed by atoms with van der Waals surface area (Å²) >= 11 is 1.71. The van der Waals surface area contributed by atoms with Gasteiger partial charge in [-0.3, -0.25) is 9.20 Å². The van der Waals surface area contributed by atoms with Crippen molar-refractivity contribution in [2.75, 3.05) is 36.5 Å². The highest BCUT2D eigenvalue weighted by Gasteiger charge is 2.18. The van der Waals surface area contributed by atoms with Crippen LogP contribution in [-0.2, 0) is 11.2 Å². The number of anilines is 2. The molecule has 1 saturated heterocycles.